The van der Waals surface area contributed by atoms with Crippen LogP contribution in [-0.2, 0) is 16.6 Å². The van der Waals surface area contributed by atoms with Gasteiger partial charge >= 0.3 is 0 Å². The molecule has 0 spiro atoms. The molecule has 1 amide bonds. The van der Waals surface area contributed by atoms with Crippen LogP contribution in [0.3, 0.4) is 0 Å². The summed E-state index contributed by atoms with van der Waals surface area (Å²) in [6.45, 7) is 0.279. The van der Waals surface area contributed by atoms with Crippen molar-refractivity contribution in [1.29, 1.82) is 0 Å². The van der Waals surface area contributed by atoms with Crippen molar-refractivity contribution in [2.75, 3.05) is 40.7 Å². The molecule has 0 fully saturated rings. The minimum absolute atomic E-state index is 0.0312. The second-order valence-electron chi connectivity index (χ2n) is 7.14. The molecule has 10 nitrogen and oxygen atoms in total. The predicted octanol–water partition coefficient (Wildman–Crippen LogP) is 2.46. The molecule has 1 aromatic heterocycles. The van der Waals surface area contributed by atoms with Gasteiger partial charge in [-0.2, -0.15) is 5.10 Å². The lowest BCUT2D eigenvalue weighted by atomic mass is 10.1. The Kier molecular flexibility index (Phi) is 7.24. The highest BCUT2D eigenvalue weighted by Crippen LogP contribution is 2.40. The number of hydrogen-bond acceptors (Lipinski definition) is 7. The molecule has 0 radical (unpaired) electrons. The van der Waals surface area contributed by atoms with E-state index in [-0.39, 0.29) is 17.0 Å². The van der Waals surface area contributed by atoms with Gasteiger partial charge in [-0.05, 0) is 30.3 Å². The van der Waals surface area contributed by atoms with E-state index >= 15 is 0 Å². The van der Waals surface area contributed by atoms with Crippen LogP contribution < -0.4 is 19.5 Å². The number of anilines is 1. The maximum Gasteiger partial charge on any atom is 0.256 e. The van der Waals surface area contributed by atoms with Crippen LogP contribution in [0.2, 0.25) is 0 Å². The van der Waals surface area contributed by atoms with Crippen molar-refractivity contribution in [3.05, 3.63) is 59.8 Å². The molecule has 0 bridgehead atoms. The van der Waals surface area contributed by atoms with Gasteiger partial charge in [0.25, 0.3) is 5.91 Å². The molecule has 2 aromatic carbocycles. The first-order valence-electron chi connectivity index (χ1n) is 9.86. The Balaban J connectivity index is 1.86. The standard InChI is InChI=1S/C22H26N4O6S/c1-25(2)33(28,29)17-8-6-7-15(13-17)22(27)24-19-11-12-23-26(19)14-16-9-10-18(30-3)21(32-5)20(16)31-4/h6-13H,14H2,1-5H3,(H,24,27). The van der Waals surface area contributed by atoms with E-state index < -0.39 is 15.9 Å². The Hall–Kier alpha value is -3.57. The molecule has 1 heterocycles. The molecular weight excluding hydrogens is 448 g/mol. The summed E-state index contributed by atoms with van der Waals surface area (Å²) >= 11 is 0. The van der Waals surface area contributed by atoms with Crippen LogP contribution in [0.5, 0.6) is 17.2 Å². The Bertz CT molecular complexity index is 1250. The number of nitrogens with one attached hydrogen (secondary N) is 1. The first kappa shape index (κ1) is 24.1. The van der Waals surface area contributed by atoms with Gasteiger partial charge in [0.2, 0.25) is 15.8 Å². The van der Waals surface area contributed by atoms with Crippen molar-refractivity contribution < 1.29 is 27.4 Å². The van der Waals surface area contributed by atoms with Crippen LogP contribution in [0.25, 0.3) is 0 Å². The number of carbonyl (C=O) groups excluding carboxylic acids is 1. The molecule has 33 heavy (non-hydrogen) atoms. The Morgan fingerprint density at radius 2 is 1.76 bits per heavy atom. The number of carbonyl (C=O) groups is 1. The van der Waals surface area contributed by atoms with Crippen molar-refractivity contribution in [3.63, 3.8) is 0 Å². The van der Waals surface area contributed by atoms with Crippen molar-refractivity contribution in [3.8, 4) is 17.2 Å². The van der Waals surface area contributed by atoms with Crippen LogP contribution in [0.4, 0.5) is 5.82 Å². The van der Waals surface area contributed by atoms with E-state index in [1.807, 2.05) is 6.07 Å². The average Bonchev–Trinajstić information content (AvgIpc) is 3.24. The summed E-state index contributed by atoms with van der Waals surface area (Å²) in [4.78, 5) is 12.9. The number of benzene rings is 2. The number of sulfonamides is 1. The first-order valence-corrected chi connectivity index (χ1v) is 11.3. The minimum Gasteiger partial charge on any atom is -0.493 e. The van der Waals surface area contributed by atoms with Crippen molar-refractivity contribution in [2.24, 2.45) is 0 Å². The summed E-state index contributed by atoms with van der Waals surface area (Å²) < 4.78 is 43.7. The smallest absolute Gasteiger partial charge is 0.256 e. The molecule has 1 N–H and O–H groups in total. The number of amides is 1. The zero-order chi connectivity index (χ0) is 24.2. The first-order chi connectivity index (χ1) is 15.7. The molecule has 176 valence electrons. The van der Waals surface area contributed by atoms with E-state index in [9.17, 15) is 13.2 Å². The Morgan fingerprint density at radius 3 is 2.39 bits per heavy atom. The average molecular weight is 475 g/mol. The van der Waals surface area contributed by atoms with Gasteiger partial charge < -0.3 is 19.5 Å². The van der Waals surface area contributed by atoms with Crippen molar-refractivity contribution in [2.45, 2.75) is 11.4 Å². The van der Waals surface area contributed by atoms with Crippen LogP contribution in [0.1, 0.15) is 15.9 Å². The molecule has 0 saturated heterocycles. The van der Waals surface area contributed by atoms with E-state index in [1.165, 1.54) is 53.6 Å². The monoisotopic (exact) mass is 474 g/mol. The van der Waals surface area contributed by atoms with Gasteiger partial charge in [0.15, 0.2) is 11.5 Å². The van der Waals surface area contributed by atoms with Gasteiger partial charge in [0.1, 0.15) is 5.82 Å². The van der Waals surface area contributed by atoms with E-state index in [0.717, 1.165) is 9.87 Å². The van der Waals surface area contributed by atoms with Gasteiger partial charge in [-0.3, -0.25) is 4.79 Å². The van der Waals surface area contributed by atoms with Crippen molar-refractivity contribution in [1.82, 2.24) is 14.1 Å². The number of hydrogen-bond donors (Lipinski definition) is 1. The molecule has 3 rings (SSSR count). The molecule has 0 aliphatic carbocycles. The summed E-state index contributed by atoms with van der Waals surface area (Å²) in [6, 6.07) is 11.1. The van der Waals surface area contributed by atoms with E-state index in [0.29, 0.717) is 23.1 Å². The number of nitrogens with zero attached hydrogens (tertiary/aromatic N) is 3. The molecule has 3 aromatic rings. The molecule has 0 aliphatic heterocycles. The Morgan fingerprint density at radius 1 is 1.03 bits per heavy atom. The van der Waals surface area contributed by atoms with Crippen LogP contribution in [0.15, 0.2) is 53.6 Å². The second kappa shape index (κ2) is 9.92. The third kappa shape index (κ3) is 4.94. The quantitative estimate of drug-likeness (QED) is 0.507. The summed E-state index contributed by atoms with van der Waals surface area (Å²) in [7, 11) is 3.79. The SMILES string of the molecule is COc1ccc(Cn2nccc2NC(=O)c2cccc(S(=O)(=O)N(C)C)c2)c(OC)c1OC. The van der Waals surface area contributed by atoms with Crippen LogP contribution in [0, 0.1) is 0 Å². The number of aromatic nitrogens is 2. The second-order valence-corrected chi connectivity index (χ2v) is 9.29. The Labute approximate surface area is 192 Å². The fourth-order valence-corrected chi connectivity index (χ4v) is 4.16. The zero-order valence-corrected chi connectivity index (χ0v) is 19.8. The summed E-state index contributed by atoms with van der Waals surface area (Å²) in [6.07, 6.45) is 1.55. The number of methoxy groups -OCH3 is 3. The van der Waals surface area contributed by atoms with E-state index in [4.69, 9.17) is 14.2 Å². The summed E-state index contributed by atoms with van der Waals surface area (Å²) in [5.41, 5.74) is 0.961. The van der Waals surface area contributed by atoms with Crippen LogP contribution >= 0.6 is 0 Å². The van der Waals surface area contributed by atoms with Gasteiger partial charge in [-0.15, -0.1) is 0 Å². The normalized spacial score (nSPS) is 11.3. The summed E-state index contributed by atoms with van der Waals surface area (Å²) in [5, 5.41) is 7.06. The minimum atomic E-state index is -3.66. The lowest BCUT2D eigenvalue weighted by molar-refractivity contribution is 0.102. The molecule has 11 heteroatoms. The third-order valence-corrected chi connectivity index (χ3v) is 6.75. The molecular formula is C22H26N4O6S. The molecule has 0 unspecified atom stereocenters. The van der Waals surface area contributed by atoms with Crippen LogP contribution in [-0.4, -0.2) is 63.8 Å². The predicted molar refractivity (Wildman–Crippen MR) is 123 cm³/mol. The van der Waals surface area contributed by atoms with Gasteiger partial charge in [-0.25, -0.2) is 17.4 Å². The van der Waals surface area contributed by atoms with E-state index in [2.05, 4.69) is 10.4 Å². The molecule has 0 aliphatic rings. The molecule has 0 atom stereocenters. The number of rotatable bonds is 9. The lowest BCUT2D eigenvalue weighted by Gasteiger charge is -2.17. The fraction of sp³-hybridized carbons (Fsp3) is 0.273. The van der Waals surface area contributed by atoms with E-state index in [1.54, 1.807) is 29.1 Å². The lowest BCUT2D eigenvalue weighted by Crippen LogP contribution is -2.23. The highest BCUT2D eigenvalue weighted by molar-refractivity contribution is 7.89. The highest BCUT2D eigenvalue weighted by atomic mass is 32.2. The largest absolute Gasteiger partial charge is 0.493 e. The van der Waals surface area contributed by atoms with Crippen molar-refractivity contribution >= 4 is 21.7 Å². The summed E-state index contributed by atoms with van der Waals surface area (Å²) in [5.74, 6) is 1.43. The zero-order valence-electron chi connectivity index (χ0n) is 19.0. The highest BCUT2D eigenvalue weighted by Gasteiger charge is 2.20. The number of ether oxygens (including phenoxy) is 3. The van der Waals surface area contributed by atoms with Gasteiger partial charge in [-0.1, -0.05) is 6.07 Å². The maximum atomic E-state index is 12.9. The topological polar surface area (TPSA) is 112 Å². The van der Waals surface area contributed by atoms with Gasteiger partial charge in [0.05, 0.1) is 39.0 Å². The fourth-order valence-electron chi connectivity index (χ4n) is 3.21. The molecule has 0 saturated carbocycles. The maximum absolute atomic E-state index is 12.9. The van der Waals surface area contributed by atoms with Gasteiger partial charge in [0, 0.05) is 31.3 Å². The third-order valence-electron chi connectivity index (χ3n) is 4.94.